The number of nitrogens with zero attached hydrogens (tertiary/aromatic N) is 1. The highest BCUT2D eigenvalue weighted by molar-refractivity contribution is 5.45. The summed E-state index contributed by atoms with van der Waals surface area (Å²) in [7, 11) is 2.28. The molecule has 1 spiro atoms. The predicted octanol–water partition coefficient (Wildman–Crippen LogP) is 4.54. The van der Waals surface area contributed by atoms with Crippen molar-refractivity contribution in [2.45, 2.75) is 76.5 Å². The van der Waals surface area contributed by atoms with Crippen LogP contribution in [0.3, 0.4) is 0 Å². The van der Waals surface area contributed by atoms with E-state index in [-0.39, 0.29) is 11.2 Å². The van der Waals surface area contributed by atoms with Crippen molar-refractivity contribution in [2.75, 3.05) is 33.4 Å². The van der Waals surface area contributed by atoms with Crippen LogP contribution in [0.5, 0.6) is 5.75 Å². The highest BCUT2D eigenvalue weighted by Gasteiger charge is 2.56. The average molecular weight is 388 g/mol. The van der Waals surface area contributed by atoms with Crippen LogP contribution < -0.4 is 4.74 Å². The maximum atomic E-state index is 6.18. The van der Waals surface area contributed by atoms with Crippen LogP contribution in [0.15, 0.2) is 18.2 Å². The molecule has 0 unspecified atom stereocenters. The summed E-state index contributed by atoms with van der Waals surface area (Å²) in [5.41, 5.74) is 2.99. The van der Waals surface area contributed by atoms with Gasteiger partial charge in [-0.05, 0) is 62.0 Å². The normalized spacial score (nSPS) is 31.0. The van der Waals surface area contributed by atoms with Gasteiger partial charge >= 0.3 is 0 Å². The van der Waals surface area contributed by atoms with Crippen molar-refractivity contribution in [3.05, 3.63) is 29.3 Å². The molecule has 2 aliphatic carbocycles. The standard InChI is InChI=1S/C24H37NO3/c1-5-7-12-26-19-9-8-18-15-22(25(4)6-2)20-10-11-24(27-13-14-28-24)17-23(20,3)21(18)16-19/h8-9,16,20,22H,5-7,10-15,17H2,1-4H3/t20-,22+,23-/m0/s1. The Labute approximate surface area is 170 Å². The van der Waals surface area contributed by atoms with Gasteiger partial charge in [0.15, 0.2) is 5.79 Å². The molecule has 156 valence electrons. The lowest BCUT2D eigenvalue weighted by Gasteiger charge is -2.55. The van der Waals surface area contributed by atoms with Gasteiger partial charge in [-0.15, -0.1) is 0 Å². The molecule has 0 aromatic heterocycles. The van der Waals surface area contributed by atoms with Crippen LogP contribution in [0.4, 0.5) is 0 Å². The highest BCUT2D eigenvalue weighted by Crippen LogP contribution is 2.55. The van der Waals surface area contributed by atoms with Crippen LogP contribution in [0.25, 0.3) is 0 Å². The smallest absolute Gasteiger partial charge is 0.169 e. The number of hydrogen-bond donors (Lipinski definition) is 0. The summed E-state index contributed by atoms with van der Waals surface area (Å²) in [6.45, 7) is 10.3. The summed E-state index contributed by atoms with van der Waals surface area (Å²) in [6.07, 6.45) is 6.52. The highest BCUT2D eigenvalue weighted by atomic mass is 16.7. The first-order valence-electron chi connectivity index (χ1n) is 11.3. The Bertz CT molecular complexity index is 684. The first-order valence-corrected chi connectivity index (χ1v) is 11.3. The molecular weight excluding hydrogens is 350 g/mol. The fourth-order valence-corrected chi connectivity index (χ4v) is 5.88. The first kappa shape index (κ1) is 20.2. The average Bonchev–Trinajstić information content (AvgIpc) is 3.14. The molecule has 28 heavy (non-hydrogen) atoms. The van der Waals surface area contributed by atoms with Crippen molar-refractivity contribution in [1.29, 1.82) is 0 Å². The van der Waals surface area contributed by atoms with E-state index in [2.05, 4.69) is 50.9 Å². The molecule has 3 atom stereocenters. The lowest BCUT2D eigenvalue weighted by atomic mass is 9.55. The second-order valence-corrected chi connectivity index (χ2v) is 9.21. The Morgan fingerprint density at radius 2 is 2.00 bits per heavy atom. The molecule has 1 heterocycles. The number of rotatable bonds is 6. The van der Waals surface area contributed by atoms with Crippen molar-refractivity contribution >= 4 is 0 Å². The van der Waals surface area contributed by atoms with E-state index in [1.54, 1.807) is 0 Å². The lowest BCUT2D eigenvalue weighted by molar-refractivity contribution is -0.204. The SMILES string of the molecule is CCCCOc1ccc2c(c1)[C@@]1(C)CC3(CC[C@H]1[C@H](N(C)CC)C2)OCCO3. The molecule has 2 fully saturated rings. The van der Waals surface area contributed by atoms with Crippen molar-refractivity contribution in [3.63, 3.8) is 0 Å². The summed E-state index contributed by atoms with van der Waals surface area (Å²) in [6, 6.07) is 7.39. The molecule has 4 nitrogen and oxygen atoms in total. The van der Waals surface area contributed by atoms with E-state index in [1.807, 2.05) is 0 Å². The number of hydrogen-bond acceptors (Lipinski definition) is 4. The third kappa shape index (κ3) is 3.48. The molecule has 0 radical (unpaired) electrons. The summed E-state index contributed by atoms with van der Waals surface area (Å²) in [5.74, 6) is 1.26. The third-order valence-electron chi connectivity index (χ3n) is 7.53. The third-order valence-corrected chi connectivity index (χ3v) is 7.53. The van der Waals surface area contributed by atoms with E-state index < -0.39 is 0 Å². The second kappa shape index (κ2) is 7.97. The monoisotopic (exact) mass is 387 g/mol. The van der Waals surface area contributed by atoms with Gasteiger partial charge in [-0.2, -0.15) is 0 Å². The van der Waals surface area contributed by atoms with Crippen LogP contribution in [0.2, 0.25) is 0 Å². The molecule has 0 amide bonds. The molecular formula is C24H37NO3. The molecule has 0 N–H and O–H groups in total. The van der Waals surface area contributed by atoms with Crippen LogP contribution in [0, 0.1) is 5.92 Å². The van der Waals surface area contributed by atoms with Gasteiger partial charge in [0.1, 0.15) is 5.75 Å². The molecule has 1 saturated heterocycles. The fraction of sp³-hybridized carbons (Fsp3) is 0.750. The maximum Gasteiger partial charge on any atom is 0.169 e. The van der Waals surface area contributed by atoms with E-state index in [0.717, 1.165) is 70.6 Å². The summed E-state index contributed by atoms with van der Waals surface area (Å²) in [4.78, 5) is 2.55. The Kier molecular flexibility index (Phi) is 5.74. The Balaban J connectivity index is 1.70. The number of unbranched alkanes of at least 4 members (excludes halogenated alkanes) is 1. The summed E-state index contributed by atoms with van der Waals surface area (Å²) >= 11 is 0. The number of ether oxygens (including phenoxy) is 3. The van der Waals surface area contributed by atoms with Gasteiger partial charge in [-0.1, -0.05) is 33.3 Å². The molecule has 3 aliphatic rings. The van der Waals surface area contributed by atoms with Crippen molar-refractivity contribution in [1.82, 2.24) is 4.90 Å². The van der Waals surface area contributed by atoms with Gasteiger partial charge in [0, 0.05) is 24.3 Å². The molecule has 4 rings (SSSR count). The molecule has 1 saturated carbocycles. The van der Waals surface area contributed by atoms with Gasteiger partial charge in [0.05, 0.1) is 19.8 Å². The number of likely N-dealkylation sites (N-methyl/N-ethyl adjacent to an activating group) is 1. The zero-order chi connectivity index (χ0) is 19.8. The lowest BCUT2D eigenvalue weighted by Crippen LogP contribution is -2.58. The Hall–Kier alpha value is -1.10. The van der Waals surface area contributed by atoms with Gasteiger partial charge < -0.3 is 19.1 Å². The molecule has 1 aromatic carbocycles. The van der Waals surface area contributed by atoms with Crippen LogP contribution >= 0.6 is 0 Å². The number of fused-ring (bicyclic) bond motifs is 3. The van der Waals surface area contributed by atoms with E-state index in [1.165, 1.54) is 11.1 Å². The topological polar surface area (TPSA) is 30.9 Å². The maximum absolute atomic E-state index is 6.18. The Morgan fingerprint density at radius 3 is 2.71 bits per heavy atom. The quantitative estimate of drug-likeness (QED) is 0.671. The molecule has 1 aliphatic heterocycles. The van der Waals surface area contributed by atoms with Gasteiger partial charge in [0.2, 0.25) is 0 Å². The van der Waals surface area contributed by atoms with Crippen molar-refractivity contribution in [2.24, 2.45) is 5.92 Å². The molecule has 0 bridgehead atoms. The summed E-state index contributed by atoms with van der Waals surface area (Å²) in [5, 5.41) is 0. The van der Waals surface area contributed by atoms with Crippen LogP contribution in [-0.2, 0) is 21.3 Å². The van der Waals surface area contributed by atoms with Gasteiger partial charge in [0.25, 0.3) is 0 Å². The zero-order valence-corrected chi connectivity index (χ0v) is 18.1. The Morgan fingerprint density at radius 1 is 1.21 bits per heavy atom. The van der Waals surface area contributed by atoms with Gasteiger partial charge in [-0.3, -0.25) is 0 Å². The summed E-state index contributed by atoms with van der Waals surface area (Å²) < 4.78 is 18.4. The molecule has 4 heteroatoms. The number of benzene rings is 1. The van der Waals surface area contributed by atoms with Gasteiger partial charge in [-0.25, -0.2) is 0 Å². The van der Waals surface area contributed by atoms with Crippen molar-refractivity contribution in [3.8, 4) is 5.75 Å². The minimum atomic E-state index is -0.381. The van der Waals surface area contributed by atoms with Crippen LogP contribution in [0.1, 0.15) is 64.0 Å². The van der Waals surface area contributed by atoms with E-state index >= 15 is 0 Å². The van der Waals surface area contributed by atoms with E-state index in [4.69, 9.17) is 14.2 Å². The zero-order valence-electron chi connectivity index (χ0n) is 18.1. The van der Waals surface area contributed by atoms with E-state index in [0.29, 0.717) is 12.0 Å². The molecule has 1 aromatic rings. The minimum Gasteiger partial charge on any atom is -0.494 e. The minimum absolute atomic E-state index is 0.0500. The fourth-order valence-electron chi connectivity index (χ4n) is 5.88. The second-order valence-electron chi connectivity index (χ2n) is 9.21. The van der Waals surface area contributed by atoms with E-state index in [9.17, 15) is 0 Å². The predicted molar refractivity (Wildman–Crippen MR) is 112 cm³/mol. The largest absolute Gasteiger partial charge is 0.494 e. The van der Waals surface area contributed by atoms with Crippen molar-refractivity contribution < 1.29 is 14.2 Å². The van der Waals surface area contributed by atoms with Crippen LogP contribution in [-0.4, -0.2) is 50.1 Å². The first-order chi connectivity index (χ1) is 13.5.